The van der Waals surface area contributed by atoms with Gasteiger partial charge in [-0.25, -0.2) is 4.79 Å². The monoisotopic (exact) mass is 367 g/mol. The molecule has 5 heteroatoms. The molecule has 0 radical (unpaired) electrons. The molecule has 0 saturated carbocycles. The molecule has 2 aromatic carbocycles. The van der Waals surface area contributed by atoms with Gasteiger partial charge in [-0.1, -0.05) is 25.1 Å². The van der Waals surface area contributed by atoms with Crippen molar-refractivity contribution in [3.63, 3.8) is 0 Å². The van der Waals surface area contributed by atoms with E-state index in [2.05, 4.69) is 16.7 Å². The Morgan fingerprint density at radius 2 is 1.59 bits per heavy atom. The number of nitrogens with one attached hydrogen (secondary N) is 2. The van der Waals surface area contributed by atoms with Crippen LogP contribution >= 0.6 is 0 Å². The molecular weight excluding hydrogens is 338 g/mol. The van der Waals surface area contributed by atoms with Crippen LogP contribution in [0.25, 0.3) is 0 Å². The maximum Gasteiger partial charge on any atom is 0.319 e. The first kappa shape index (κ1) is 20.5. The first-order chi connectivity index (χ1) is 12.9. The van der Waals surface area contributed by atoms with Crippen molar-refractivity contribution in [1.29, 1.82) is 0 Å². The number of anilines is 2. The first-order valence-corrected chi connectivity index (χ1v) is 9.45. The van der Waals surface area contributed by atoms with Crippen LogP contribution in [0.1, 0.15) is 37.0 Å². The quantitative estimate of drug-likeness (QED) is 0.760. The minimum Gasteiger partial charge on any atom is -0.338 e. The fraction of sp³-hybridized carbons (Fsp3) is 0.364. The number of amides is 3. The van der Waals surface area contributed by atoms with E-state index in [1.165, 1.54) is 0 Å². The van der Waals surface area contributed by atoms with E-state index in [1.807, 2.05) is 69.0 Å². The highest BCUT2D eigenvalue weighted by Gasteiger charge is 2.15. The van der Waals surface area contributed by atoms with Gasteiger partial charge in [-0.3, -0.25) is 4.79 Å². The van der Waals surface area contributed by atoms with E-state index in [4.69, 9.17) is 0 Å². The number of urea groups is 1. The van der Waals surface area contributed by atoms with Gasteiger partial charge in [-0.05, 0) is 68.1 Å². The smallest absolute Gasteiger partial charge is 0.319 e. The van der Waals surface area contributed by atoms with Crippen molar-refractivity contribution in [3.05, 3.63) is 59.2 Å². The Labute approximate surface area is 161 Å². The van der Waals surface area contributed by atoms with E-state index in [0.717, 1.165) is 28.8 Å². The average molecular weight is 367 g/mol. The predicted molar refractivity (Wildman–Crippen MR) is 111 cm³/mol. The van der Waals surface area contributed by atoms with Gasteiger partial charge in [-0.2, -0.15) is 0 Å². The van der Waals surface area contributed by atoms with Crippen molar-refractivity contribution in [1.82, 2.24) is 5.32 Å². The van der Waals surface area contributed by atoms with E-state index < -0.39 is 0 Å². The molecule has 0 spiro atoms. The molecule has 27 heavy (non-hydrogen) atoms. The minimum absolute atomic E-state index is 0.0592. The predicted octanol–water partition coefficient (Wildman–Crippen LogP) is 4.43. The van der Waals surface area contributed by atoms with E-state index in [-0.39, 0.29) is 11.9 Å². The highest BCUT2D eigenvalue weighted by atomic mass is 16.2. The summed E-state index contributed by atoms with van der Waals surface area (Å²) in [4.78, 5) is 26.3. The maximum absolute atomic E-state index is 12.8. The fourth-order valence-electron chi connectivity index (χ4n) is 3.00. The Bertz CT molecular complexity index is 764. The molecule has 144 valence electrons. The van der Waals surface area contributed by atoms with Crippen molar-refractivity contribution in [3.8, 4) is 0 Å². The van der Waals surface area contributed by atoms with Gasteiger partial charge in [0.2, 0.25) is 5.91 Å². The Balaban J connectivity index is 2.02. The number of hydrogen-bond acceptors (Lipinski definition) is 2. The van der Waals surface area contributed by atoms with Gasteiger partial charge in [0.1, 0.15) is 0 Å². The molecule has 0 aliphatic rings. The normalized spacial score (nSPS) is 10.4. The Morgan fingerprint density at radius 3 is 2.15 bits per heavy atom. The van der Waals surface area contributed by atoms with Crippen LogP contribution in [0.15, 0.2) is 42.5 Å². The summed E-state index contributed by atoms with van der Waals surface area (Å²) >= 11 is 0. The summed E-state index contributed by atoms with van der Waals surface area (Å²) in [5, 5.41) is 5.55. The van der Waals surface area contributed by atoms with Gasteiger partial charge < -0.3 is 15.5 Å². The van der Waals surface area contributed by atoms with Crippen molar-refractivity contribution < 1.29 is 9.59 Å². The third-order valence-electron chi connectivity index (χ3n) is 4.24. The molecule has 0 aliphatic carbocycles. The van der Waals surface area contributed by atoms with Gasteiger partial charge in [0.15, 0.2) is 0 Å². The molecule has 5 nitrogen and oxygen atoms in total. The molecule has 0 saturated heterocycles. The fourth-order valence-corrected chi connectivity index (χ4v) is 3.00. The topological polar surface area (TPSA) is 61.4 Å². The summed E-state index contributed by atoms with van der Waals surface area (Å²) in [6, 6.07) is 13.4. The summed E-state index contributed by atoms with van der Waals surface area (Å²) < 4.78 is 0. The third-order valence-corrected chi connectivity index (χ3v) is 4.24. The molecule has 2 N–H and O–H groups in total. The molecular formula is C22H29N3O2. The molecule has 3 amide bonds. The second-order valence-corrected chi connectivity index (χ2v) is 6.74. The van der Waals surface area contributed by atoms with Crippen LogP contribution in [0.3, 0.4) is 0 Å². The Kier molecular flexibility index (Phi) is 7.41. The summed E-state index contributed by atoms with van der Waals surface area (Å²) in [7, 11) is 0. The molecule has 0 aliphatic heterocycles. The summed E-state index contributed by atoms with van der Waals surface area (Å²) in [5.74, 6) is 0.0592. The molecule has 0 bridgehead atoms. The second-order valence-electron chi connectivity index (χ2n) is 6.74. The molecule has 2 rings (SSSR count). The van der Waals surface area contributed by atoms with Crippen molar-refractivity contribution in [2.75, 3.05) is 23.3 Å². The third kappa shape index (κ3) is 6.13. The number of aryl methyl sites for hydroxylation is 2. The Morgan fingerprint density at radius 1 is 0.963 bits per heavy atom. The largest absolute Gasteiger partial charge is 0.338 e. The molecule has 0 unspecified atom stereocenters. The summed E-state index contributed by atoms with van der Waals surface area (Å²) in [5.41, 5.74) is 4.86. The zero-order valence-electron chi connectivity index (χ0n) is 16.6. The van der Waals surface area contributed by atoms with Gasteiger partial charge in [-0.15, -0.1) is 0 Å². The van der Waals surface area contributed by atoms with E-state index in [0.29, 0.717) is 25.2 Å². The van der Waals surface area contributed by atoms with Crippen LogP contribution in [0.5, 0.6) is 0 Å². The lowest BCUT2D eigenvalue weighted by Gasteiger charge is -2.22. The van der Waals surface area contributed by atoms with Gasteiger partial charge in [0.25, 0.3) is 0 Å². The standard InChI is InChI=1S/C22H29N3O2/c1-5-11-23-22(27)24-19-9-7-18(8-10-19)15-21(26)25(6-2)20-13-16(3)12-17(4)14-20/h7-10,12-14H,5-6,11,15H2,1-4H3,(H2,23,24,27). The second kappa shape index (κ2) is 9.76. The number of nitrogens with zero attached hydrogens (tertiary/aromatic N) is 1. The lowest BCUT2D eigenvalue weighted by atomic mass is 10.1. The number of carbonyl (C=O) groups excluding carboxylic acids is 2. The van der Waals surface area contributed by atoms with E-state index >= 15 is 0 Å². The van der Waals surface area contributed by atoms with Gasteiger partial charge in [0.05, 0.1) is 6.42 Å². The SMILES string of the molecule is CCCNC(=O)Nc1ccc(CC(=O)N(CC)c2cc(C)cc(C)c2)cc1. The number of rotatable bonds is 7. The molecule has 0 atom stereocenters. The van der Waals surface area contributed by atoms with Gasteiger partial charge in [0, 0.05) is 24.5 Å². The van der Waals surface area contributed by atoms with Crippen LogP contribution in [0.2, 0.25) is 0 Å². The van der Waals surface area contributed by atoms with Crippen LogP contribution in [0, 0.1) is 13.8 Å². The first-order valence-electron chi connectivity index (χ1n) is 9.45. The maximum atomic E-state index is 12.8. The zero-order valence-corrected chi connectivity index (χ0v) is 16.6. The van der Waals surface area contributed by atoms with Crippen molar-refractivity contribution in [2.45, 2.75) is 40.5 Å². The van der Waals surface area contributed by atoms with Crippen LogP contribution in [-0.4, -0.2) is 25.0 Å². The summed E-state index contributed by atoms with van der Waals surface area (Å²) in [6.45, 7) is 9.33. The molecule has 0 aromatic heterocycles. The van der Waals surface area contributed by atoms with Crippen molar-refractivity contribution >= 4 is 23.3 Å². The van der Waals surface area contributed by atoms with Crippen LogP contribution in [-0.2, 0) is 11.2 Å². The number of benzene rings is 2. The van der Waals surface area contributed by atoms with E-state index in [9.17, 15) is 9.59 Å². The molecule has 0 fully saturated rings. The lowest BCUT2D eigenvalue weighted by Crippen LogP contribution is -2.32. The van der Waals surface area contributed by atoms with E-state index in [1.54, 1.807) is 0 Å². The molecule has 0 heterocycles. The molecule has 2 aromatic rings. The zero-order chi connectivity index (χ0) is 19.8. The number of carbonyl (C=O) groups is 2. The van der Waals surface area contributed by atoms with Crippen molar-refractivity contribution in [2.24, 2.45) is 0 Å². The Hall–Kier alpha value is -2.82. The highest BCUT2D eigenvalue weighted by molar-refractivity contribution is 5.95. The summed E-state index contributed by atoms with van der Waals surface area (Å²) in [6.07, 6.45) is 1.21. The lowest BCUT2D eigenvalue weighted by molar-refractivity contribution is -0.117. The minimum atomic E-state index is -0.215. The van der Waals surface area contributed by atoms with Crippen LogP contribution in [0.4, 0.5) is 16.2 Å². The van der Waals surface area contributed by atoms with Gasteiger partial charge >= 0.3 is 6.03 Å². The number of hydrogen-bond donors (Lipinski definition) is 2. The highest BCUT2D eigenvalue weighted by Crippen LogP contribution is 2.20. The number of likely N-dealkylation sites (N-methyl/N-ethyl adjacent to an activating group) is 1. The average Bonchev–Trinajstić information content (AvgIpc) is 2.61. The van der Waals surface area contributed by atoms with Crippen LogP contribution < -0.4 is 15.5 Å².